The predicted octanol–water partition coefficient (Wildman–Crippen LogP) is 1.88. The van der Waals surface area contributed by atoms with E-state index in [1.54, 1.807) is 0 Å². The summed E-state index contributed by atoms with van der Waals surface area (Å²) in [7, 11) is 0. The number of amides is 1. The van der Waals surface area contributed by atoms with Crippen LogP contribution in [0.5, 0.6) is 0 Å². The van der Waals surface area contributed by atoms with Crippen LogP contribution in [0.15, 0.2) is 0 Å². The summed E-state index contributed by atoms with van der Waals surface area (Å²) in [6.45, 7) is 7.28. The average molecular weight is 316 g/mol. The predicted molar refractivity (Wildman–Crippen MR) is 87.8 cm³/mol. The Morgan fingerprint density at radius 2 is 1.71 bits per heavy atom. The SMILES string of the molecule is C[C@H]1C[C@@H](C(=O)N2CCN(C3CCCC3)CC2)CCN1.Cl. The monoisotopic (exact) mass is 315 g/mol. The van der Waals surface area contributed by atoms with Crippen molar-refractivity contribution in [2.24, 2.45) is 5.92 Å². The number of rotatable bonds is 2. The van der Waals surface area contributed by atoms with Crippen molar-refractivity contribution in [3.8, 4) is 0 Å². The second-order valence-corrected chi connectivity index (χ2v) is 6.88. The van der Waals surface area contributed by atoms with Crippen molar-refractivity contribution in [2.75, 3.05) is 32.7 Å². The van der Waals surface area contributed by atoms with Gasteiger partial charge in [-0.25, -0.2) is 0 Å². The number of carbonyl (C=O) groups excluding carboxylic acids is 1. The van der Waals surface area contributed by atoms with E-state index < -0.39 is 0 Å². The molecule has 0 aromatic rings. The highest BCUT2D eigenvalue weighted by Gasteiger charge is 2.32. The summed E-state index contributed by atoms with van der Waals surface area (Å²) in [6.07, 6.45) is 7.58. The van der Waals surface area contributed by atoms with Crippen molar-refractivity contribution < 1.29 is 4.79 Å². The van der Waals surface area contributed by atoms with E-state index in [2.05, 4.69) is 22.0 Å². The first-order chi connectivity index (χ1) is 9.74. The fraction of sp³-hybridized carbons (Fsp3) is 0.938. The van der Waals surface area contributed by atoms with Crippen molar-refractivity contribution >= 4 is 18.3 Å². The van der Waals surface area contributed by atoms with Crippen molar-refractivity contribution in [3.63, 3.8) is 0 Å². The summed E-state index contributed by atoms with van der Waals surface area (Å²) in [5.41, 5.74) is 0. The molecule has 1 amide bonds. The average Bonchev–Trinajstić information content (AvgIpc) is 3.01. The molecule has 0 spiro atoms. The lowest BCUT2D eigenvalue weighted by molar-refractivity contribution is -0.138. The van der Waals surface area contributed by atoms with Gasteiger partial charge < -0.3 is 10.2 Å². The molecule has 3 fully saturated rings. The van der Waals surface area contributed by atoms with E-state index in [9.17, 15) is 4.79 Å². The van der Waals surface area contributed by atoms with Crippen molar-refractivity contribution in [2.45, 2.75) is 57.5 Å². The first-order valence-corrected chi connectivity index (χ1v) is 8.50. The summed E-state index contributed by atoms with van der Waals surface area (Å²) in [4.78, 5) is 17.4. The number of halogens is 1. The second-order valence-electron chi connectivity index (χ2n) is 6.88. The molecule has 0 aromatic heterocycles. The van der Waals surface area contributed by atoms with E-state index in [-0.39, 0.29) is 18.3 Å². The molecular formula is C16H30ClN3O. The van der Waals surface area contributed by atoms with Crippen molar-refractivity contribution in [3.05, 3.63) is 0 Å². The van der Waals surface area contributed by atoms with Gasteiger partial charge in [0.2, 0.25) is 5.91 Å². The Morgan fingerprint density at radius 3 is 2.33 bits per heavy atom. The number of hydrogen-bond acceptors (Lipinski definition) is 3. The highest BCUT2D eigenvalue weighted by Crippen LogP contribution is 2.25. The zero-order chi connectivity index (χ0) is 13.9. The largest absolute Gasteiger partial charge is 0.340 e. The molecule has 5 heteroatoms. The molecule has 0 radical (unpaired) electrons. The van der Waals surface area contributed by atoms with Gasteiger partial charge in [-0.15, -0.1) is 12.4 Å². The molecule has 122 valence electrons. The summed E-state index contributed by atoms with van der Waals surface area (Å²) in [5.74, 6) is 0.689. The van der Waals surface area contributed by atoms with Gasteiger partial charge in [-0.05, 0) is 39.2 Å². The fourth-order valence-electron chi connectivity index (χ4n) is 4.19. The van der Waals surface area contributed by atoms with Crippen LogP contribution in [0, 0.1) is 5.92 Å². The zero-order valence-electron chi connectivity index (χ0n) is 13.2. The number of piperazine rings is 1. The lowest BCUT2D eigenvalue weighted by Gasteiger charge is -2.40. The fourth-order valence-corrected chi connectivity index (χ4v) is 4.19. The van der Waals surface area contributed by atoms with Crippen LogP contribution in [0.25, 0.3) is 0 Å². The summed E-state index contributed by atoms with van der Waals surface area (Å²) in [5, 5.41) is 3.43. The molecular weight excluding hydrogens is 286 g/mol. The molecule has 1 aliphatic carbocycles. The van der Waals surface area contributed by atoms with Crippen molar-refractivity contribution in [1.29, 1.82) is 0 Å². The van der Waals surface area contributed by atoms with Crippen LogP contribution >= 0.6 is 12.4 Å². The minimum Gasteiger partial charge on any atom is -0.340 e. The van der Waals surface area contributed by atoms with Crippen LogP contribution in [0.3, 0.4) is 0 Å². The van der Waals surface area contributed by atoms with Gasteiger partial charge in [-0.1, -0.05) is 12.8 Å². The Morgan fingerprint density at radius 1 is 1.05 bits per heavy atom. The molecule has 0 aromatic carbocycles. The maximum absolute atomic E-state index is 12.6. The van der Waals surface area contributed by atoms with Gasteiger partial charge in [0.15, 0.2) is 0 Å². The minimum absolute atomic E-state index is 0. The van der Waals surface area contributed by atoms with Gasteiger partial charge in [0.1, 0.15) is 0 Å². The van der Waals surface area contributed by atoms with Crippen LogP contribution < -0.4 is 5.32 Å². The zero-order valence-corrected chi connectivity index (χ0v) is 14.0. The number of nitrogens with zero attached hydrogens (tertiary/aromatic N) is 2. The number of piperidine rings is 1. The van der Waals surface area contributed by atoms with Crippen LogP contribution in [0.1, 0.15) is 45.4 Å². The third-order valence-corrected chi connectivity index (χ3v) is 5.44. The maximum Gasteiger partial charge on any atom is 0.225 e. The van der Waals surface area contributed by atoms with E-state index in [0.29, 0.717) is 11.9 Å². The molecule has 2 atom stereocenters. The topological polar surface area (TPSA) is 35.6 Å². The molecule has 3 rings (SSSR count). The van der Waals surface area contributed by atoms with Gasteiger partial charge in [0.05, 0.1) is 0 Å². The molecule has 0 unspecified atom stereocenters. The first-order valence-electron chi connectivity index (χ1n) is 8.50. The Hall–Kier alpha value is -0.320. The normalized spacial score (nSPS) is 32.0. The summed E-state index contributed by atoms with van der Waals surface area (Å²) >= 11 is 0. The molecule has 1 saturated carbocycles. The number of carbonyl (C=O) groups is 1. The highest BCUT2D eigenvalue weighted by atomic mass is 35.5. The lowest BCUT2D eigenvalue weighted by atomic mass is 9.92. The third kappa shape index (κ3) is 4.11. The van der Waals surface area contributed by atoms with Crippen LogP contribution in [0.2, 0.25) is 0 Å². The Bertz CT molecular complexity index is 338. The number of nitrogens with one attached hydrogen (secondary N) is 1. The lowest BCUT2D eigenvalue weighted by Crippen LogP contribution is -2.53. The van der Waals surface area contributed by atoms with Crippen molar-refractivity contribution in [1.82, 2.24) is 15.1 Å². The Balaban J connectivity index is 0.00000161. The van der Waals surface area contributed by atoms with E-state index in [4.69, 9.17) is 0 Å². The Labute approximate surface area is 135 Å². The second kappa shape index (κ2) is 7.80. The highest BCUT2D eigenvalue weighted by molar-refractivity contribution is 5.85. The number of hydrogen-bond donors (Lipinski definition) is 1. The quantitative estimate of drug-likeness (QED) is 0.845. The van der Waals surface area contributed by atoms with E-state index >= 15 is 0 Å². The van der Waals surface area contributed by atoms with Crippen LogP contribution in [-0.4, -0.2) is 60.5 Å². The van der Waals surface area contributed by atoms with Gasteiger partial charge >= 0.3 is 0 Å². The van der Waals surface area contributed by atoms with Gasteiger partial charge in [-0.3, -0.25) is 9.69 Å². The molecule has 2 heterocycles. The molecule has 21 heavy (non-hydrogen) atoms. The minimum atomic E-state index is 0. The standard InChI is InChI=1S/C16H29N3O.ClH/c1-13-12-14(6-7-17-13)16(20)19-10-8-18(9-11-19)15-4-2-3-5-15;/h13-15,17H,2-12H2,1H3;1H/t13-,14-;/m0./s1. The van der Waals surface area contributed by atoms with Gasteiger partial charge in [0.25, 0.3) is 0 Å². The first kappa shape index (κ1) is 17.0. The molecule has 4 nitrogen and oxygen atoms in total. The molecule has 3 aliphatic rings. The third-order valence-electron chi connectivity index (χ3n) is 5.44. The van der Waals surface area contributed by atoms with Gasteiger partial charge in [0, 0.05) is 44.2 Å². The molecule has 0 bridgehead atoms. The van der Waals surface area contributed by atoms with E-state index in [1.165, 1.54) is 25.7 Å². The van der Waals surface area contributed by atoms with E-state index in [0.717, 1.165) is 51.6 Å². The smallest absolute Gasteiger partial charge is 0.225 e. The van der Waals surface area contributed by atoms with E-state index in [1.807, 2.05) is 0 Å². The Kier molecular flexibility index (Phi) is 6.33. The molecule has 2 aliphatic heterocycles. The molecule has 2 saturated heterocycles. The molecule has 1 N–H and O–H groups in total. The van der Waals surface area contributed by atoms with Crippen LogP contribution in [-0.2, 0) is 4.79 Å². The summed E-state index contributed by atoms with van der Waals surface area (Å²) < 4.78 is 0. The maximum atomic E-state index is 12.6. The van der Waals surface area contributed by atoms with Gasteiger partial charge in [-0.2, -0.15) is 0 Å². The summed E-state index contributed by atoms with van der Waals surface area (Å²) in [6, 6.07) is 1.31. The van der Waals surface area contributed by atoms with Crippen LogP contribution in [0.4, 0.5) is 0 Å².